The maximum atomic E-state index is 6.01. The molecule has 1 aromatic carbocycles. The van der Waals surface area contributed by atoms with E-state index < -0.39 is 0 Å². The van der Waals surface area contributed by atoms with Crippen LogP contribution in [-0.2, 0) is 6.54 Å². The molecule has 2 aromatic rings. The van der Waals surface area contributed by atoms with Gasteiger partial charge in [-0.2, -0.15) is 0 Å². The van der Waals surface area contributed by atoms with Crippen LogP contribution >= 0.6 is 23.2 Å². The van der Waals surface area contributed by atoms with Crippen LogP contribution in [0, 0.1) is 6.92 Å². The second-order valence-electron chi connectivity index (χ2n) is 5.30. The van der Waals surface area contributed by atoms with Crippen molar-refractivity contribution in [3.8, 4) is 11.5 Å². The lowest BCUT2D eigenvalue weighted by Crippen LogP contribution is -2.16. The maximum absolute atomic E-state index is 6.01. The van der Waals surface area contributed by atoms with Crippen molar-refractivity contribution in [1.29, 1.82) is 0 Å². The Morgan fingerprint density at radius 3 is 2.57 bits per heavy atom. The molecular weight excluding hydrogens is 307 g/mol. The lowest BCUT2D eigenvalue weighted by Gasteiger charge is -2.13. The summed E-state index contributed by atoms with van der Waals surface area (Å²) in [6.45, 7) is 2.69. The number of aryl methyl sites for hydroxylation is 1. The molecule has 0 aliphatic heterocycles. The summed E-state index contributed by atoms with van der Waals surface area (Å²) in [5.41, 5.74) is 1.94. The third-order valence-electron chi connectivity index (χ3n) is 3.30. The van der Waals surface area contributed by atoms with Crippen LogP contribution in [-0.4, -0.2) is 11.0 Å². The van der Waals surface area contributed by atoms with E-state index in [1.807, 2.05) is 19.2 Å². The molecule has 1 aromatic heterocycles. The first-order valence-electron chi connectivity index (χ1n) is 6.93. The van der Waals surface area contributed by atoms with Crippen molar-refractivity contribution in [3.05, 3.63) is 51.8 Å². The third kappa shape index (κ3) is 4.10. The van der Waals surface area contributed by atoms with E-state index in [1.54, 1.807) is 18.2 Å². The van der Waals surface area contributed by atoms with Crippen LogP contribution in [0.4, 0.5) is 0 Å². The van der Waals surface area contributed by atoms with E-state index in [4.69, 9.17) is 27.9 Å². The van der Waals surface area contributed by atoms with E-state index in [0.717, 1.165) is 23.6 Å². The summed E-state index contributed by atoms with van der Waals surface area (Å²) in [5.74, 6) is 1.42. The van der Waals surface area contributed by atoms with Gasteiger partial charge in [-0.15, -0.1) is 0 Å². The first kappa shape index (κ1) is 14.6. The molecule has 0 bridgehead atoms. The Morgan fingerprint density at radius 2 is 1.90 bits per heavy atom. The molecule has 1 aliphatic carbocycles. The van der Waals surface area contributed by atoms with E-state index in [0.29, 0.717) is 21.8 Å². The zero-order valence-electron chi connectivity index (χ0n) is 11.7. The summed E-state index contributed by atoms with van der Waals surface area (Å²) in [7, 11) is 0. The fourth-order valence-corrected chi connectivity index (χ4v) is 2.55. The summed E-state index contributed by atoms with van der Waals surface area (Å²) in [4.78, 5) is 4.34. The molecule has 3 nitrogen and oxygen atoms in total. The van der Waals surface area contributed by atoms with Crippen molar-refractivity contribution in [1.82, 2.24) is 10.3 Å². The Kier molecular flexibility index (Phi) is 4.34. The minimum absolute atomic E-state index is 0.556. The summed E-state index contributed by atoms with van der Waals surface area (Å²) in [6, 6.07) is 7.75. The summed E-state index contributed by atoms with van der Waals surface area (Å²) < 4.78 is 5.96. The molecule has 1 saturated carbocycles. The number of nitrogens with zero attached hydrogens (tertiary/aromatic N) is 1. The average Bonchev–Trinajstić information content (AvgIpc) is 3.20. The lowest BCUT2D eigenvalue weighted by molar-refractivity contribution is 0.471. The maximum Gasteiger partial charge on any atom is 0.135 e. The van der Waals surface area contributed by atoms with Crippen LogP contribution in [0.25, 0.3) is 0 Å². The first-order valence-corrected chi connectivity index (χ1v) is 7.68. The summed E-state index contributed by atoms with van der Waals surface area (Å²) >= 11 is 12.0. The first-order chi connectivity index (χ1) is 10.1. The Hall–Kier alpha value is -1.29. The molecule has 1 fully saturated rings. The fraction of sp³-hybridized carbons (Fsp3) is 0.312. The van der Waals surface area contributed by atoms with Crippen molar-refractivity contribution in [2.45, 2.75) is 32.4 Å². The van der Waals surface area contributed by atoms with Gasteiger partial charge in [0.15, 0.2) is 0 Å². The molecule has 3 rings (SSSR count). The summed E-state index contributed by atoms with van der Waals surface area (Å²) in [6.07, 6.45) is 4.35. The van der Waals surface area contributed by atoms with Crippen LogP contribution in [0.5, 0.6) is 11.5 Å². The zero-order valence-corrected chi connectivity index (χ0v) is 13.2. The van der Waals surface area contributed by atoms with E-state index in [-0.39, 0.29) is 0 Å². The van der Waals surface area contributed by atoms with Crippen LogP contribution in [0.1, 0.15) is 24.1 Å². The van der Waals surface area contributed by atoms with E-state index >= 15 is 0 Å². The lowest BCUT2D eigenvalue weighted by atomic mass is 10.2. The van der Waals surface area contributed by atoms with Gasteiger partial charge in [0, 0.05) is 46.2 Å². The number of ether oxygens (including phenoxy) is 1. The number of aromatic nitrogens is 1. The van der Waals surface area contributed by atoms with Crippen LogP contribution < -0.4 is 10.1 Å². The zero-order chi connectivity index (χ0) is 14.8. The molecule has 110 valence electrons. The van der Waals surface area contributed by atoms with Crippen LogP contribution in [0.3, 0.4) is 0 Å². The van der Waals surface area contributed by atoms with Gasteiger partial charge in [-0.25, -0.2) is 0 Å². The number of hydrogen-bond donors (Lipinski definition) is 1. The van der Waals surface area contributed by atoms with Crippen LogP contribution in [0.2, 0.25) is 10.0 Å². The third-order valence-corrected chi connectivity index (χ3v) is 3.74. The van der Waals surface area contributed by atoms with E-state index in [9.17, 15) is 0 Å². The number of hydrogen-bond acceptors (Lipinski definition) is 3. The van der Waals surface area contributed by atoms with Crippen molar-refractivity contribution < 1.29 is 4.74 Å². The SMILES string of the molecule is Cc1cc(Oc2cc(Cl)cc(Cl)c2)c(CNC2CC2)cn1. The van der Waals surface area contributed by atoms with Crippen molar-refractivity contribution in [2.24, 2.45) is 0 Å². The smallest absolute Gasteiger partial charge is 0.135 e. The molecule has 0 amide bonds. The monoisotopic (exact) mass is 322 g/mol. The van der Waals surface area contributed by atoms with E-state index in [1.165, 1.54) is 12.8 Å². The second-order valence-corrected chi connectivity index (χ2v) is 6.17. The molecule has 0 radical (unpaired) electrons. The topological polar surface area (TPSA) is 34.1 Å². The van der Waals surface area contributed by atoms with Gasteiger partial charge in [-0.05, 0) is 38.0 Å². The molecule has 5 heteroatoms. The second kappa shape index (κ2) is 6.22. The van der Waals surface area contributed by atoms with Gasteiger partial charge >= 0.3 is 0 Å². The van der Waals surface area contributed by atoms with Gasteiger partial charge in [-0.1, -0.05) is 23.2 Å². The Labute approximate surface area is 134 Å². The molecule has 0 atom stereocenters. The highest BCUT2D eigenvalue weighted by Gasteiger charge is 2.20. The fourth-order valence-electron chi connectivity index (χ4n) is 2.05. The molecule has 0 spiro atoms. The number of pyridine rings is 1. The predicted octanol–water partition coefficient (Wildman–Crippen LogP) is 4.74. The largest absolute Gasteiger partial charge is 0.457 e. The van der Waals surface area contributed by atoms with Crippen molar-refractivity contribution >= 4 is 23.2 Å². The Morgan fingerprint density at radius 1 is 1.19 bits per heavy atom. The highest BCUT2D eigenvalue weighted by molar-refractivity contribution is 6.34. The normalized spacial score (nSPS) is 14.2. The molecule has 1 aliphatic rings. The van der Waals surface area contributed by atoms with Crippen molar-refractivity contribution in [2.75, 3.05) is 0 Å². The molecule has 21 heavy (non-hydrogen) atoms. The standard InChI is InChI=1S/C16H16Cl2N2O/c1-10-4-16(11(8-19-10)9-20-14-2-3-14)21-15-6-12(17)5-13(18)7-15/h4-8,14,20H,2-3,9H2,1H3. The molecule has 1 N–H and O–H groups in total. The predicted molar refractivity (Wildman–Crippen MR) is 85.4 cm³/mol. The molecule has 0 saturated heterocycles. The Balaban J connectivity index is 1.83. The van der Waals surface area contributed by atoms with Crippen molar-refractivity contribution in [3.63, 3.8) is 0 Å². The minimum atomic E-state index is 0.556. The number of rotatable bonds is 5. The van der Waals surface area contributed by atoms with Gasteiger partial charge < -0.3 is 10.1 Å². The quantitative estimate of drug-likeness (QED) is 0.863. The Bertz CT molecular complexity index is 636. The number of halogens is 2. The molecule has 1 heterocycles. The van der Waals surface area contributed by atoms with Gasteiger partial charge in [0.1, 0.15) is 11.5 Å². The highest BCUT2D eigenvalue weighted by Crippen LogP contribution is 2.31. The van der Waals surface area contributed by atoms with E-state index in [2.05, 4.69) is 10.3 Å². The number of benzene rings is 1. The number of nitrogens with one attached hydrogen (secondary N) is 1. The van der Waals surface area contributed by atoms with Gasteiger partial charge in [-0.3, -0.25) is 4.98 Å². The summed E-state index contributed by atoms with van der Waals surface area (Å²) in [5, 5.41) is 4.58. The average molecular weight is 323 g/mol. The molecular formula is C16H16Cl2N2O. The molecule has 0 unspecified atom stereocenters. The van der Waals surface area contributed by atoms with Gasteiger partial charge in [0.05, 0.1) is 0 Å². The minimum Gasteiger partial charge on any atom is -0.457 e. The van der Waals surface area contributed by atoms with Crippen LogP contribution in [0.15, 0.2) is 30.5 Å². The van der Waals surface area contributed by atoms with Gasteiger partial charge in [0.2, 0.25) is 0 Å². The highest BCUT2D eigenvalue weighted by atomic mass is 35.5. The van der Waals surface area contributed by atoms with Gasteiger partial charge in [0.25, 0.3) is 0 Å².